The Morgan fingerprint density at radius 2 is 1.87 bits per heavy atom. The average molecular weight is 233 g/mol. The predicted molar refractivity (Wildman–Crippen MR) is 59.3 cm³/mol. The van der Waals surface area contributed by atoms with Gasteiger partial charge >= 0.3 is 0 Å². The second-order valence-electron chi connectivity index (χ2n) is 4.49. The molecule has 0 aromatic carbocycles. The summed E-state index contributed by atoms with van der Waals surface area (Å²) in [7, 11) is -3.20. The smallest absolute Gasteiger partial charge is 0.235 e. The highest BCUT2D eigenvalue weighted by Gasteiger charge is 2.30. The van der Waals surface area contributed by atoms with Gasteiger partial charge in [0, 0.05) is 11.3 Å². The van der Waals surface area contributed by atoms with E-state index >= 15 is 0 Å². The van der Waals surface area contributed by atoms with Crippen molar-refractivity contribution in [2.75, 3.05) is 11.5 Å². The maximum absolute atomic E-state index is 11.5. The van der Waals surface area contributed by atoms with Crippen LogP contribution in [0, 0.1) is 0 Å². The van der Waals surface area contributed by atoms with Gasteiger partial charge in [0.15, 0.2) is 9.84 Å². The van der Waals surface area contributed by atoms with Crippen LogP contribution in [0.25, 0.3) is 0 Å². The van der Waals surface area contributed by atoms with Crippen LogP contribution < -0.4 is 5.32 Å². The maximum Gasteiger partial charge on any atom is 0.235 e. The Hall–Kier alpha value is -0.580. The molecule has 4 nitrogen and oxygen atoms in total. The van der Waals surface area contributed by atoms with Crippen molar-refractivity contribution in [3.05, 3.63) is 0 Å². The van der Waals surface area contributed by atoms with E-state index in [2.05, 4.69) is 5.32 Å². The van der Waals surface area contributed by atoms with E-state index < -0.39 is 9.84 Å². The molecule has 1 aliphatic rings. The van der Waals surface area contributed by atoms with Gasteiger partial charge in [-0.3, -0.25) is 4.79 Å². The van der Waals surface area contributed by atoms with Gasteiger partial charge in [0.1, 0.15) is 5.75 Å². The molecule has 1 fully saturated rings. The van der Waals surface area contributed by atoms with E-state index in [1.807, 2.05) is 6.92 Å². The molecule has 1 aliphatic carbocycles. The van der Waals surface area contributed by atoms with Gasteiger partial charge < -0.3 is 5.32 Å². The monoisotopic (exact) mass is 233 g/mol. The summed E-state index contributed by atoms with van der Waals surface area (Å²) in [5.74, 6) is -0.711. The minimum Gasteiger partial charge on any atom is -0.350 e. The molecule has 0 heterocycles. The Morgan fingerprint density at radius 1 is 1.33 bits per heavy atom. The summed E-state index contributed by atoms with van der Waals surface area (Å²) in [6, 6.07) is 0. The van der Waals surface area contributed by atoms with Crippen molar-refractivity contribution in [2.24, 2.45) is 0 Å². The summed E-state index contributed by atoms with van der Waals surface area (Å²) in [6.45, 7) is 3.54. The van der Waals surface area contributed by atoms with Gasteiger partial charge in [-0.2, -0.15) is 0 Å². The highest BCUT2D eigenvalue weighted by Crippen LogP contribution is 2.28. The van der Waals surface area contributed by atoms with Crippen LogP contribution in [0.4, 0.5) is 0 Å². The largest absolute Gasteiger partial charge is 0.350 e. The Bertz CT molecular complexity index is 329. The van der Waals surface area contributed by atoms with Crippen molar-refractivity contribution in [3.8, 4) is 0 Å². The van der Waals surface area contributed by atoms with Crippen molar-refractivity contribution in [2.45, 2.75) is 45.1 Å². The molecule has 0 aromatic heterocycles. The highest BCUT2D eigenvalue weighted by molar-refractivity contribution is 7.92. The highest BCUT2D eigenvalue weighted by atomic mass is 32.2. The third-order valence-electron chi connectivity index (χ3n) is 2.94. The van der Waals surface area contributed by atoms with Gasteiger partial charge in [-0.15, -0.1) is 0 Å². The van der Waals surface area contributed by atoms with Crippen LogP contribution in [-0.4, -0.2) is 31.4 Å². The fraction of sp³-hybridized carbons (Fsp3) is 0.900. The molecule has 15 heavy (non-hydrogen) atoms. The molecule has 0 aromatic rings. The lowest BCUT2D eigenvalue weighted by atomic mass is 10.0. The first-order chi connectivity index (χ1) is 6.87. The van der Waals surface area contributed by atoms with Gasteiger partial charge in [-0.1, -0.05) is 19.8 Å². The fourth-order valence-electron chi connectivity index (χ4n) is 1.95. The summed E-state index contributed by atoms with van der Waals surface area (Å²) < 4.78 is 22.5. The second-order valence-corrected chi connectivity index (χ2v) is 6.85. The normalized spacial score (nSPS) is 20.1. The third-order valence-corrected chi connectivity index (χ3v) is 4.52. The molecule has 1 amide bonds. The maximum atomic E-state index is 11.5. The number of carbonyl (C=O) groups excluding carboxylic acids is 1. The molecule has 1 rings (SSSR count). The van der Waals surface area contributed by atoms with E-state index in [4.69, 9.17) is 0 Å². The lowest BCUT2D eigenvalue weighted by Crippen LogP contribution is -2.46. The minimum atomic E-state index is -3.20. The van der Waals surface area contributed by atoms with Crippen LogP contribution in [0.2, 0.25) is 0 Å². The topological polar surface area (TPSA) is 63.2 Å². The predicted octanol–water partition coefficient (Wildman–Crippen LogP) is 0.870. The van der Waals surface area contributed by atoms with Crippen molar-refractivity contribution in [1.29, 1.82) is 0 Å². The van der Waals surface area contributed by atoms with Crippen molar-refractivity contribution in [1.82, 2.24) is 5.32 Å². The summed E-state index contributed by atoms with van der Waals surface area (Å²) in [5.41, 5.74) is -0.180. The first kappa shape index (κ1) is 12.5. The van der Waals surface area contributed by atoms with Crippen molar-refractivity contribution < 1.29 is 13.2 Å². The summed E-state index contributed by atoms with van der Waals surface area (Å²) >= 11 is 0. The zero-order chi connectivity index (χ0) is 11.5. The molecule has 5 heteroatoms. The molecule has 0 bridgehead atoms. The van der Waals surface area contributed by atoms with Crippen LogP contribution in [0.1, 0.15) is 39.5 Å². The Morgan fingerprint density at radius 3 is 2.33 bits per heavy atom. The molecule has 1 saturated carbocycles. The van der Waals surface area contributed by atoms with Gasteiger partial charge in [0.05, 0.1) is 0 Å². The van der Waals surface area contributed by atoms with Gasteiger partial charge in [0.2, 0.25) is 5.91 Å². The standard InChI is InChI=1S/C10H19NO3S/c1-3-15(13,14)8-9(12)11-10(2)6-4-5-7-10/h3-8H2,1-2H3,(H,11,12). The SMILES string of the molecule is CCS(=O)(=O)CC(=O)NC1(C)CCCC1. The van der Waals surface area contributed by atoms with Crippen molar-refractivity contribution in [3.63, 3.8) is 0 Å². The Balaban J connectivity index is 2.49. The molecule has 0 unspecified atom stereocenters. The summed E-state index contributed by atoms with van der Waals surface area (Å²) in [4.78, 5) is 11.5. The molecular formula is C10H19NO3S. The Kier molecular flexibility index (Phi) is 3.76. The zero-order valence-corrected chi connectivity index (χ0v) is 10.2. The van der Waals surface area contributed by atoms with Gasteiger partial charge in [-0.25, -0.2) is 8.42 Å². The number of rotatable bonds is 4. The zero-order valence-electron chi connectivity index (χ0n) is 9.38. The van der Waals surface area contributed by atoms with E-state index in [1.54, 1.807) is 6.92 Å². The molecular weight excluding hydrogens is 214 g/mol. The van der Waals surface area contributed by atoms with E-state index in [1.165, 1.54) is 0 Å². The van der Waals surface area contributed by atoms with E-state index in [0.717, 1.165) is 25.7 Å². The number of nitrogens with one attached hydrogen (secondary N) is 1. The quantitative estimate of drug-likeness (QED) is 0.783. The lowest BCUT2D eigenvalue weighted by molar-refractivity contribution is -0.120. The molecule has 88 valence electrons. The minimum absolute atomic E-state index is 0.0249. The van der Waals surface area contributed by atoms with E-state index in [0.29, 0.717) is 0 Å². The fourth-order valence-corrected chi connectivity index (χ4v) is 2.63. The van der Waals surface area contributed by atoms with Gasteiger partial charge in [-0.05, 0) is 19.8 Å². The van der Waals surface area contributed by atoms with Crippen LogP contribution in [0.5, 0.6) is 0 Å². The van der Waals surface area contributed by atoms with Crippen LogP contribution in [0.15, 0.2) is 0 Å². The number of sulfone groups is 1. The van der Waals surface area contributed by atoms with E-state index in [-0.39, 0.29) is 23.0 Å². The molecule has 0 spiro atoms. The number of amides is 1. The number of hydrogen-bond acceptors (Lipinski definition) is 3. The molecule has 0 saturated heterocycles. The summed E-state index contributed by atoms with van der Waals surface area (Å²) in [6.07, 6.45) is 4.12. The van der Waals surface area contributed by atoms with Crippen LogP contribution in [-0.2, 0) is 14.6 Å². The lowest BCUT2D eigenvalue weighted by Gasteiger charge is -2.25. The molecule has 0 radical (unpaired) electrons. The number of hydrogen-bond donors (Lipinski definition) is 1. The molecule has 0 aliphatic heterocycles. The van der Waals surface area contributed by atoms with Crippen LogP contribution in [0.3, 0.4) is 0 Å². The second kappa shape index (κ2) is 4.51. The molecule has 0 atom stereocenters. The van der Waals surface area contributed by atoms with E-state index in [9.17, 15) is 13.2 Å². The molecule has 1 N–H and O–H groups in total. The van der Waals surface area contributed by atoms with Gasteiger partial charge in [0.25, 0.3) is 0 Å². The number of carbonyl (C=O) groups is 1. The average Bonchev–Trinajstić information content (AvgIpc) is 2.50. The third kappa shape index (κ3) is 3.81. The van der Waals surface area contributed by atoms with Crippen LogP contribution >= 0.6 is 0 Å². The Labute approximate surface area is 91.4 Å². The first-order valence-corrected chi connectivity index (χ1v) is 7.20. The summed E-state index contributed by atoms with van der Waals surface area (Å²) in [5, 5.41) is 2.83. The van der Waals surface area contributed by atoms with Crippen molar-refractivity contribution >= 4 is 15.7 Å². The first-order valence-electron chi connectivity index (χ1n) is 5.38.